The van der Waals surface area contributed by atoms with Crippen molar-refractivity contribution in [2.45, 2.75) is 13.3 Å². The summed E-state index contributed by atoms with van der Waals surface area (Å²) in [7, 11) is 0. The van der Waals surface area contributed by atoms with Crippen LogP contribution >= 0.6 is 11.3 Å². The number of H-pyrrole nitrogens is 1. The lowest BCUT2D eigenvalue weighted by molar-refractivity contribution is 0.0538. The minimum absolute atomic E-state index is 0.0105. The molecule has 0 saturated carbocycles. The molecule has 1 N–H and O–H groups in total. The molecule has 2 amide bonds. The normalized spacial score (nSPS) is 14.9. The molecule has 1 saturated heterocycles. The van der Waals surface area contributed by atoms with E-state index in [1.54, 1.807) is 28.0 Å². The number of carbonyl (C=O) groups is 2. The summed E-state index contributed by atoms with van der Waals surface area (Å²) in [6.45, 7) is 3.74. The number of aryl methyl sites for hydroxylation is 1. The first-order valence-corrected chi connectivity index (χ1v) is 9.67. The number of alkyl halides is 2. The molecule has 2 aromatic heterocycles. The number of benzene rings is 1. The van der Waals surface area contributed by atoms with Crippen molar-refractivity contribution in [2.24, 2.45) is 0 Å². The highest BCUT2D eigenvalue weighted by Crippen LogP contribution is 2.22. The molecule has 1 aromatic carbocycles. The van der Waals surface area contributed by atoms with Gasteiger partial charge >= 0.3 is 0 Å². The molecule has 3 heterocycles. The van der Waals surface area contributed by atoms with Crippen LogP contribution in [0.5, 0.6) is 0 Å². The molecule has 146 valence electrons. The zero-order chi connectivity index (χ0) is 19.8. The molecule has 0 atom stereocenters. The van der Waals surface area contributed by atoms with Crippen molar-refractivity contribution < 1.29 is 18.4 Å². The van der Waals surface area contributed by atoms with E-state index in [2.05, 4.69) is 9.97 Å². The first-order valence-electron chi connectivity index (χ1n) is 8.85. The molecule has 0 aliphatic carbocycles. The van der Waals surface area contributed by atoms with E-state index in [-0.39, 0.29) is 11.8 Å². The van der Waals surface area contributed by atoms with Gasteiger partial charge in [0, 0.05) is 36.6 Å². The quantitative estimate of drug-likeness (QED) is 0.727. The summed E-state index contributed by atoms with van der Waals surface area (Å²) in [4.78, 5) is 36.9. The average Bonchev–Trinajstić information content (AvgIpc) is 3.32. The summed E-state index contributed by atoms with van der Waals surface area (Å²) >= 11 is 1.46. The van der Waals surface area contributed by atoms with Crippen molar-refractivity contribution in [1.82, 2.24) is 19.8 Å². The van der Waals surface area contributed by atoms with Gasteiger partial charge in [0.05, 0.1) is 15.9 Å². The fourth-order valence-corrected chi connectivity index (χ4v) is 4.10. The summed E-state index contributed by atoms with van der Waals surface area (Å²) < 4.78 is 25.6. The number of imidazole rings is 1. The summed E-state index contributed by atoms with van der Waals surface area (Å²) in [6, 6.07) is 8.44. The number of rotatable bonds is 3. The third kappa shape index (κ3) is 3.49. The van der Waals surface area contributed by atoms with Gasteiger partial charge in [0.2, 0.25) is 0 Å². The highest BCUT2D eigenvalue weighted by atomic mass is 32.1. The van der Waals surface area contributed by atoms with Crippen LogP contribution in [0.4, 0.5) is 8.78 Å². The number of aromatic nitrogens is 2. The number of hydrogen-bond donors (Lipinski definition) is 1. The molecule has 3 aromatic rings. The standard InChI is InChI=1S/C19H18F2N4O2S/c1-11-2-5-15(28-11)19(27)25-8-6-24(7-9-25)18(26)12-3-4-13-14(10-12)23-17(22-13)16(20)21/h2-5,10,16H,6-9H2,1H3,(H,22,23). The number of nitrogens with one attached hydrogen (secondary N) is 1. The van der Waals surface area contributed by atoms with Gasteiger partial charge in [0.25, 0.3) is 18.2 Å². The Bertz CT molecular complexity index is 1040. The second-order valence-electron chi connectivity index (χ2n) is 6.65. The third-order valence-corrected chi connectivity index (χ3v) is 5.75. The highest BCUT2D eigenvalue weighted by Gasteiger charge is 2.26. The van der Waals surface area contributed by atoms with Crippen LogP contribution in [-0.4, -0.2) is 57.8 Å². The van der Waals surface area contributed by atoms with Gasteiger partial charge in [-0.1, -0.05) is 0 Å². The van der Waals surface area contributed by atoms with Crippen molar-refractivity contribution in [3.05, 3.63) is 51.5 Å². The highest BCUT2D eigenvalue weighted by molar-refractivity contribution is 7.13. The first-order chi connectivity index (χ1) is 13.4. The lowest BCUT2D eigenvalue weighted by atomic mass is 10.1. The molecular formula is C19H18F2N4O2S. The van der Waals surface area contributed by atoms with Crippen molar-refractivity contribution in [3.63, 3.8) is 0 Å². The van der Waals surface area contributed by atoms with Crippen LogP contribution in [0.25, 0.3) is 11.0 Å². The lowest BCUT2D eigenvalue weighted by Gasteiger charge is -2.34. The van der Waals surface area contributed by atoms with E-state index in [9.17, 15) is 18.4 Å². The summed E-state index contributed by atoms with van der Waals surface area (Å²) in [5, 5.41) is 0. The van der Waals surface area contributed by atoms with E-state index in [1.807, 2.05) is 19.1 Å². The van der Waals surface area contributed by atoms with Crippen LogP contribution in [0, 0.1) is 6.92 Å². The number of fused-ring (bicyclic) bond motifs is 1. The Hall–Kier alpha value is -2.81. The lowest BCUT2D eigenvalue weighted by Crippen LogP contribution is -2.50. The topological polar surface area (TPSA) is 69.3 Å². The number of carbonyl (C=O) groups excluding carboxylic acids is 2. The van der Waals surface area contributed by atoms with Crippen molar-refractivity contribution in [3.8, 4) is 0 Å². The van der Waals surface area contributed by atoms with Crippen LogP contribution in [0.15, 0.2) is 30.3 Å². The number of piperazine rings is 1. The minimum Gasteiger partial charge on any atom is -0.337 e. The van der Waals surface area contributed by atoms with E-state index in [0.29, 0.717) is 47.7 Å². The molecule has 6 nitrogen and oxygen atoms in total. The Morgan fingerprint density at radius 1 is 1.07 bits per heavy atom. The maximum atomic E-state index is 12.8. The molecule has 0 radical (unpaired) electrons. The number of hydrogen-bond acceptors (Lipinski definition) is 4. The Kier molecular flexibility index (Phi) is 4.84. The van der Waals surface area contributed by atoms with Crippen LogP contribution in [0.2, 0.25) is 0 Å². The molecule has 0 bridgehead atoms. The van der Waals surface area contributed by atoms with Gasteiger partial charge in [0.1, 0.15) is 0 Å². The van der Waals surface area contributed by atoms with Gasteiger partial charge in [-0.15, -0.1) is 11.3 Å². The fraction of sp³-hybridized carbons (Fsp3) is 0.316. The van der Waals surface area contributed by atoms with Crippen molar-refractivity contribution >= 4 is 34.2 Å². The van der Waals surface area contributed by atoms with E-state index in [0.717, 1.165) is 4.88 Å². The van der Waals surface area contributed by atoms with Crippen molar-refractivity contribution in [2.75, 3.05) is 26.2 Å². The first kappa shape index (κ1) is 18.5. The molecular weight excluding hydrogens is 386 g/mol. The molecule has 1 aliphatic rings. The second-order valence-corrected chi connectivity index (χ2v) is 7.94. The molecule has 4 rings (SSSR count). The van der Waals surface area contributed by atoms with Gasteiger partial charge in [-0.3, -0.25) is 9.59 Å². The predicted octanol–water partition coefficient (Wildman–Crippen LogP) is 3.47. The van der Waals surface area contributed by atoms with E-state index in [1.165, 1.54) is 11.3 Å². The number of halogens is 2. The molecule has 0 unspecified atom stereocenters. The monoisotopic (exact) mass is 404 g/mol. The molecule has 28 heavy (non-hydrogen) atoms. The van der Waals surface area contributed by atoms with Gasteiger partial charge in [-0.05, 0) is 37.3 Å². The van der Waals surface area contributed by atoms with Crippen LogP contribution in [-0.2, 0) is 0 Å². The number of thiophene rings is 1. The summed E-state index contributed by atoms with van der Waals surface area (Å²) in [6.07, 6.45) is -2.69. The maximum absolute atomic E-state index is 12.8. The Morgan fingerprint density at radius 3 is 2.36 bits per heavy atom. The van der Waals surface area contributed by atoms with Crippen LogP contribution in [0.3, 0.4) is 0 Å². The zero-order valence-corrected chi connectivity index (χ0v) is 15.9. The smallest absolute Gasteiger partial charge is 0.295 e. The number of nitrogens with zero attached hydrogens (tertiary/aromatic N) is 3. The number of aromatic amines is 1. The fourth-order valence-electron chi connectivity index (χ4n) is 3.27. The van der Waals surface area contributed by atoms with Crippen LogP contribution < -0.4 is 0 Å². The van der Waals surface area contributed by atoms with Gasteiger partial charge in [-0.25, -0.2) is 13.8 Å². The average molecular weight is 404 g/mol. The maximum Gasteiger partial charge on any atom is 0.295 e. The van der Waals surface area contributed by atoms with E-state index < -0.39 is 12.2 Å². The van der Waals surface area contributed by atoms with Gasteiger partial charge in [-0.2, -0.15) is 0 Å². The summed E-state index contributed by atoms with van der Waals surface area (Å²) in [5.74, 6) is -0.603. The largest absolute Gasteiger partial charge is 0.337 e. The SMILES string of the molecule is Cc1ccc(C(=O)N2CCN(C(=O)c3ccc4nc(C(F)F)[nH]c4c3)CC2)s1. The van der Waals surface area contributed by atoms with E-state index in [4.69, 9.17) is 0 Å². The van der Waals surface area contributed by atoms with Gasteiger partial charge < -0.3 is 14.8 Å². The van der Waals surface area contributed by atoms with Crippen molar-refractivity contribution in [1.29, 1.82) is 0 Å². The molecule has 0 spiro atoms. The summed E-state index contributed by atoms with van der Waals surface area (Å²) in [5.41, 5.74) is 1.21. The van der Waals surface area contributed by atoms with E-state index >= 15 is 0 Å². The van der Waals surface area contributed by atoms with Crippen LogP contribution in [0.1, 0.15) is 37.2 Å². The molecule has 9 heteroatoms. The molecule has 1 aliphatic heterocycles. The Labute approximate surface area is 163 Å². The zero-order valence-electron chi connectivity index (χ0n) is 15.1. The predicted molar refractivity (Wildman–Crippen MR) is 102 cm³/mol. The Morgan fingerprint density at radius 2 is 1.75 bits per heavy atom. The third-order valence-electron chi connectivity index (χ3n) is 4.76. The number of amides is 2. The Balaban J connectivity index is 1.43. The second kappa shape index (κ2) is 7.31. The molecule has 1 fully saturated rings. The van der Waals surface area contributed by atoms with Gasteiger partial charge in [0.15, 0.2) is 5.82 Å². The minimum atomic E-state index is -2.69.